The van der Waals surface area contributed by atoms with E-state index >= 15 is 0 Å². The number of likely N-dealkylation sites (N-methyl/N-ethyl adjacent to an activating group) is 1. The molecule has 0 aliphatic carbocycles. The van der Waals surface area contributed by atoms with Crippen LogP contribution in [0.5, 0.6) is 0 Å². The molecule has 0 saturated carbocycles. The largest absolute Gasteiger partial charge is 0.466 e. The molecule has 0 amide bonds. The molecule has 4 nitrogen and oxygen atoms in total. The lowest BCUT2D eigenvalue weighted by Crippen LogP contribution is -2.38. The standard InChI is InChI=1S/C12H17NO3/c1-13(12(8-14)9-16-10-15)7-11-5-3-2-4-6-11/h2-6,10,12,14H,7-9H2,1H3. The highest BCUT2D eigenvalue weighted by Gasteiger charge is 2.14. The van der Waals surface area contributed by atoms with Crippen LogP contribution in [0.25, 0.3) is 0 Å². The summed E-state index contributed by atoms with van der Waals surface area (Å²) in [7, 11) is 1.89. The van der Waals surface area contributed by atoms with E-state index in [0.29, 0.717) is 13.0 Å². The molecule has 16 heavy (non-hydrogen) atoms. The van der Waals surface area contributed by atoms with Crippen LogP contribution >= 0.6 is 0 Å². The lowest BCUT2D eigenvalue weighted by atomic mass is 10.2. The molecule has 1 atom stereocenters. The molecule has 0 fully saturated rings. The molecule has 1 unspecified atom stereocenters. The van der Waals surface area contributed by atoms with Crippen molar-refractivity contribution in [2.24, 2.45) is 0 Å². The summed E-state index contributed by atoms with van der Waals surface area (Å²) in [5.74, 6) is 0. The van der Waals surface area contributed by atoms with E-state index in [9.17, 15) is 4.79 Å². The Morgan fingerprint density at radius 3 is 2.69 bits per heavy atom. The SMILES string of the molecule is CN(Cc1ccccc1)C(CO)COC=O. The van der Waals surface area contributed by atoms with Crippen LogP contribution < -0.4 is 0 Å². The normalized spacial score (nSPS) is 12.4. The molecule has 4 heteroatoms. The van der Waals surface area contributed by atoms with Crippen molar-refractivity contribution in [3.63, 3.8) is 0 Å². The zero-order valence-electron chi connectivity index (χ0n) is 9.37. The molecule has 1 aromatic rings. The minimum absolute atomic E-state index is 0.0306. The summed E-state index contributed by atoms with van der Waals surface area (Å²) in [5, 5.41) is 9.16. The van der Waals surface area contributed by atoms with Gasteiger partial charge in [-0.2, -0.15) is 0 Å². The maximum absolute atomic E-state index is 10.1. The number of nitrogens with zero attached hydrogens (tertiary/aromatic N) is 1. The first-order valence-corrected chi connectivity index (χ1v) is 5.18. The fourth-order valence-electron chi connectivity index (χ4n) is 1.47. The maximum Gasteiger partial charge on any atom is 0.293 e. The van der Waals surface area contributed by atoms with Crippen molar-refractivity contribution >= 4 is 6.47 Å². The van der Waals surface area contributed by atoms with Gasteiger partial charge in [-0.25, -0.2) is 0 Å². The van der Waals surface area contributed by atoms with Crippen molar-refractivity contribution in [2.75, 3.05) is 20.3 Å². The second kappa shape index (κ2) is 6.98. The van der Waals surface area contributed by atoms with Crippen molar-refractivity contribution < 1.29 is 14.6 Å². The van der Waals surface area contributed by atoms with Crippen molar-refractivity contribution in [3.05, 3.63) is 35.9 Å². The van der Waals surface area contributed by atoms with Gasteiger partial charge in [0, 0.05) is 6.54 Å². The third-order valence-electron chi connectivity index (χ3n) is 2.47. The van der Waals surface area contributed by atoms with Gasteiger partial charge in [0.2, 0.25) is 0 Å². The van der Waals surface area contributed by atoms with Crippen LogP contribution in [0, 0.1) is 0 Å². The molecule has 0 spiro atoms. The summed E-state index contributed by atoms with van der Waals surface area (Å²) in [6.07, 6.45) is 0. The second-order valence-electron chi connectivity index (χ2n) is 3.67. The van der Waals surface area contributed by atoms with E-state index in [4.69, 9.17) is 5.11 Å². The topological polar surface area (TPSA) is 49.8 Å². The number of aliphatic hydroxyl groups excluding tert-OH is 1. The monoisotopic (exact) mass is 223 g/mol. The highest BCUT2D eigenvalue weighted by Crippen LogP contribution is 2.06. The lowest BCUT2D eigenvalue weighted by molar-refractivity contribution is -0.130. The van der Waals surface area contributed by atoms with Crippen LogP contribution in [0.3, 0.4) is 0 Å². The molecule has 0 bridgehead atoms. The summed E-state index contributed by atoms with van der Waals surface area (Å²) < 4.78 is 4.66. The average Bonchev–Trinajstić information content (AvgIpc) is 2.31. The van der Waals surface area contributed by atoms with Crippen molar-refractivity contribution in [1.82, 2.24) is 4.90 Å². The molecular formula is C12H17NO3. The van der Waals surface area contributed by atoms with Gasteiger partial charge >= 0.3 is 0 Å². The van der Waals surface area contributed by atoms with Crippen LogP contribution in [0.4, 0.5) is 0 Å². The molecular weight excluding hydrogens is 206 g/mol. The quantitative estimate of drug-likeness (QED) is 0.690. The summed E-state index contributed by atoms with van der Waals surface area (Å²) >= 11 is 0. The minimum atomic E-state index is -0.162. The van der Waals surface area contributed by atoms with Crippen LogP contribution in [0.2, 0.25) is 0 Å². The van der Waals surface area contributed by atoms with Gasteiger partial charge in [0.05, 0.1) is 12.6 Å². The Morgan fingerprint density at radius 1 is 1.44 bits per heavy atom. The van der Waals surface area contributed by atoms with Crippen LogP contribution in [0.1, 0.15) is 5.56 Å². The van der Waals surface area contributed by atoms with Gasteiger partial charge in [0.1, 0.15) is 6.61 Å². The third-order valence-corrected chi connectivity index (χ3v) is 2.47. The first-order valence-electron chi connectivity index (χ1n) is 5.18. The van der Waals surface area contributed by atoms with E-state index in [1.165, 1.54) is 0 Å². The molecule has 0 aromatic heterocycles. The van der Waals surface area contributed by atoms with Gasteiger partial charge in [0.15, 0.2) is 0 Å². The van der Waals surface area contributed by atoms with Crippen LogP contribution in [0.15, 0.2) is 30.3 Å². The van der Waals surface area contributed by atoms with Crippen molar-refractivity contribution in [2.45, 2.75) is 12.6 Å². The Balaban J connectivity index is 2.48. The number of ether oxygens (including phenoxy) is 1. The smallest absolute Gasteiger partial charge is 0.293 e. The molecule has 0 aliphatic heterocycles. The summed E-state index contributed by atoms with van der Waals surface area (Å²) in [6.45, 7) is 1.30. The first kappa shape index (κ1) is 12.7. The van der Waals surface area contributed by atoms with Gasteiger partial charge < -0.3 is 9.84 Å². The molecule has 1 aromatic carbocycles. The number of hydrogen-bond donors (Lipinski definition) is 1. The number of aliphatic hydroxyl groups is 1. The van der Waals surface area contributed by atoms with E-state index in [-0.39, 0.29) is 19.3 Å². The van der Waals surface area contributed by atoms with Crippen molar-refractivity contribution in [1.29, 1.82) is 0 Å². The van der Waals surface area contributed by atoms with E-state index in [2.05, 4.69) is 4.74 Å². The fourth-order valence-corrected chi connectivity index (χ4v) is 1.47. The highest BCUT2D eigenvalue weighted by molar-refractivity contribution is 5.36. The van der Waals surface area contributed by atoms with Gasteiger partial charge in [-0.15, -0.1) is 0 Å². The first-order chi connectivity index (χ1) is 7.77. The van der Waals surface area contributed by atoms with Gasteiger partial charge in [-0.3, -0.25) is 9.69 Å². The van der Waals surface area contributed by atoms with Crippen LogP contribution in [-0.4, -0.2) is 42.8 Å². The van der Waals surface area contributed by atoms with E-state index in [1.807, 2.05) is 42.3 Å². The predicted octanol–water partition coefficient (Wildman–Crippen LogP) is 0.652. The number of rotatable bonds is 7. The van der Waals surface area contributed by atoms with Crippen LogP contribution in [-0.2, 0) is 16.1 Å². The Morgan fingerprint density at radius 2 is 2.12 bits per heavy atom. The number of hydrogen-bond acceptors (Lipinski definition) is 4. The Labute approximate surface area is 95.5 Å². The highest BCUT2D eigenvalue weighted by atomic mass is 16.5. The number of carbonyl (C=O) groups excluding carboxylic acids is 1. The summed E-state index contributed by atoms with van der Waals surface area (Å²) in [6, 6.07) is 9.78. The summed E-state index contributed by atoms with van der Waals surface area (Å²) in [4.78, 5) is 12.0. The number of benzene rings is 1. The number of carbonyl (C=O) groups is 1. The minimum Gasteiger partial charge on any atom is -0.466 e. The lowest BCUT2D eigenvalue weighted by Gasteiger charge is -2.25. The van der Waals surface area contributed by atoms with Gasteiger partial charge in [-0.1, -0.05) is 30.3 Å². The maximum atomic E-state index is 10.1. The molecule has 0 saturated heterocycles. The van der Waals surface area contributed by atoms with E-state index in [0.717, 1.165) is 5.56 Å². The predicted molar refractivity (Wildman–Crippen MR) is 60.8 cm³/mol. The van der Waals surface area contributed by atoms with Gasteiger partial charge in [-0.05, 0) is 12.6 Å². The molecule has 0 aliphatic rings. The Kier molecular flexibility index (Phi) is 5.53. The Bertz CT molecular complexity index is 302. The zero-order valence-corrected chi connectivity index (χ0v) is 9.37. The van der Waals surface area contributed by atoms with E-state index < -0.39 is 0 Å². The van der Waals surface area contributed by atoms with Gasteiger partial charge in [0.25, 0.3) is 6.47 Å². The molecule has 1 rings (SSSR count). The average molecular weight is 223 g/mol. The molecule has 88 valence electrons. The zero-order chi connectivity index (χ0) is 11.8. The van der Waals surface area contributed by atoms with Crippen molar-refractivity contribution in [3.8, 4) is 0 Å². The molecule has 0 heterocycles. The molecule has 0 radical (unpaired) electrons. The second-order valence-corrected chi connectivity index (χ2v) is 3.67. The van der Waals surface area contributed by atoms with E-state index in [1.54, 1.807) is 0 Å². The Hall–Kier alpha value is -1.39. The fraction of sp³-hybridized carbons (Fsp3) is 0.417. The third kappa shape index (κ3) is 4.00. The summed E-state index contributed by atoms with van der Waals surface area (Å²) in [5.41, 5.74) is 1.16. The molecule has 1 N–H and O–H groups in total.